The van der Waals surface area contributed by atoms with Crippen LogP contribution in [0.3, 0.4) is 0 Å². The van der Waals surface area contributed by atoms with Crippen molar-refractivity contribution in [2.75, 3.05) is 0 Å². The largest absolute Gasteiger partial charge is 0.349 e. The smallest absolute Gasteiger partial charge is 0.268 e. The van der Waals surface area contributed by atoms with Gasteiger partial charge in [-0.15, -0.1) is 0 Å². The predicted octanol–water partition coefficient (Wildman–Crippen LogP) is 1.82. The Kier molecular flexibility index (Phi) is 2.98. The summed E-state index contributed by atoms with van der Waals surface area (Å²) >= 11 is 5.75. The Morgan fingerprint density at radius 3 is 2.62 bits per heavy atom. The first-order chi connectivity index (χ1) is 6.00. The Labute approximate surface area is 82.7 Å². The molecule has 0 radical (unpaired) electrons. The number of hydrogen-bond acceptors (Lipinski definition) is 1. The molecule has 1 amide bonds. The molecule has 1 aromatic rings. The van der Waals surface area contributed by atoms with Gasteiger partial charge in [-0.1, -0.05) is 11.6 Å². The van der Waals surface area contributed by atoms with Crippen molar-refractivity contribution >= 4 is 17.5 Å². The van der Waals surface area contributed by atoms with Gasteiger partial charge >= 0.3 is 0 Å². The second-order valence-corrected chi connectivity index (χ2v) is 3.72. The molecule has 0 unspecified atom stereocenters. The van der Waals surface area contributed by atoms with E-state index in [1.54, 1.807) is 23.9 Å². The van der Waals surface area contributed by atoms with Gasteiger partial charge in [-0.25, -0.2) is 0 Å². The molecule has 1 N–H and O–H groups in total. The molecule has 1 aromatic heterocycles. The van der Waals surface area contributed by atoms with Crippen LogP contribution in [0.25, 0.3) is 0 Å². The first kappa shape index (κ1) is 10.1. The molecular weight excluding hydrogens is 188 g/mol. The summed E-state index contributed by atoms with van der Waals surface area (Å²) < 4.78 is 1.71. The zero-order valence-corrected chi connectivity index (χ0v) is 8.72. The van der Waals surface area contributed by atoms with E-state index in [9.17, 15) is 4.79 Å². The zero-order chi connectivity index (χ0) is 10.0. The summed E-state index contributed by atoms with van der Waals surface area (Å²) in [6.45, 7) is 3.84. The molecule has 0 bridgehead atoms. The third kappa shape index (κ3) is 2.49. The van der Waals surface area contributed by atoms with Crippen molar-refractivity contribution in [3.8, 4) is 0 Å². The van der Waals surface area contributed by atoms with E-state index >= 15 is 0 Å². The summed E-state index contributed by atoms with van der Waals surface area (Å²) in [5, 5.41) is 3.37. The van der Waals surface area contributed by atoms with Gasteiger partial charge < -0.3 is 9.88 Å². The lowest BCUT2D eigenvalue weighted by Crippen LogP contribution is -2.31. The van der Waals surface area contributed by atoms with Crippen molar-refractivity contribution in [2.24, 2.45) is 7.05 Å². The highest BCUT2D eigenvalue weighted by Gasteiger charge is 2.11. The van der Waals surface area contributed by atoms with E-state index in [1.807, 2.05) is 13.8 Å². The minimum Gasteiger partial charge on any atom is -0.349 e. The molecule has 0 saturated heterocycles. The fraction of sp³-hybridized carbons (Fsp3) is 0.444. The van der Waals surface area contributed by atoms with Crippen molar-refractivity contribution in [2.45, 2.75) is 19.9 Å². The predicted molar refractivity (Wildman–Crippen MR) is 53.0 cm³/mol. The standard InChI is InChI=1S/C9H13ClN2O/c1-6(2)11-9(13)8-4-7(10)5-12(8)3/h4-6H,1-3H3,(H,11,13). The minimum atomic E-state index is -0.0931. The number of aromatic nitrogens is 1. The molecule has 72 valence electrons. The van der Waals surface area contributed by atoms with Crippen molar-refractivity contribution in [3.63, 3.8) is 0 Å². The SMILES string of the molecule is CC(C)NC(=O)c1cc(Cl)cn1C. The molecule has 0 aliphatic rings. The number of carbonyl (C=O) groups is 1. The quantitative estimate of drug-likeness (QED) is 0.777. The molecule has 3 nitrogen and oxygen atoms in total. The van der Waals surface area contributed by atoms with Crippen LogP contribution < -0.4 is 5.32 Å². The summed E-state index contributed by atoms with van der Waals surface area (Å²) in [7, 11) is 1.79. The van der Waals surface area contributed by atoms with Crippen LogP contribution in [0.15, 0.2) is 12.3 Å². The van der Waals surface area contributed by atoms with Gasteiger partial charge in [-0.05, 0) is 19.9 Å². The monoisotopic (exact) mass is 200 g/mol. The Balaban J connectivity index is 2.82. The Hall–Kier alpha value is -0.960. The van der Waals surface area contributed by atoms with Crippen LogP contribution in [0.1, 0.15) is 24.3 Å². The molecule has 1 rings (SSSR count). The number of nitrogens with zero attached hydrogens (tertiary/aromatic N) is 1. The molecule has 0 atom stereocenters. The summed E-state index contributed by atoms with van der Waals surface area (Å²) in [6.07, 6.45) is 1.71. The number of rotatable bonds is 2. The lowest BCUT2D eigenvalue weighted by Gasteiger charge is -2.08. The maximum Gasteiger partial charge on any atom is 0.268 e. The Morgan fingerprint density at radius 2 is 2.23 bits per heavy atom. The molecule has 0 aliphatic heterocycles. The molecule has 0 spiro atoms. The first-order valence-electron chi connectivity index (χ1n) is 4.13. The van der Waals surface area contributed by atoms with Crippen LogP contribution in [-0.2, 0) is 7.05 Å². The van der Waals surface area contributed by atoms with Gasteiger partial charge in [-0.2, -0.15) is 0 Å². The second kappa shape index (κ2) is 3.83. The highest BCUT2D eigenvalue weighted by Crippen LogP contribution is 2.12. The molecule has 13 heavy (non-hydrogen) atoms. The molecule has 0 saturated carbocycles. The van der Waals surface area contributed by atoms with Gasteiger partial charge in [0.05, 0.1) is 5.02 Å². The average molecular weight is 201 g/mol. The summed E-state index contributed by atoms with van der Waals surface area (Å²) in [5.74, 6) is -0.0931. The van der Waals surface area contributed by atoms with Crippen LogP contribution in [-0.4, -0.2) is 16.5 Å². The molecule has 4 heteroatoms. The van der Waals surface area contributed by atoms with E-state index in [-0.39, 0.29) is 11.9 Å². The molecular formula is C9H13ClN2O. The summed E-state index contributed by atoms with van der Waals surface area (Å²) in [6, 6.07) is 1.79. The lowest BCUT2D eigenvalue weighted by molar-refractivity contribution is 0.0935. The number of aryl methyl sites for hydroxylation is 1. The van der Waals surface area contributed by atoms with E-state index in [2.05, 4.69) is 5.32 Å². The highest BCUT2D eigenvalue weighted by molar-refractivity contribution is 6.31. The average Bonchev–Trinajstić information content (AvgIpc) is 2.28. The van der Waals surface area contributed by atoms with E-state index in [0.29, 0.717) is 10.7 Å². The van der Waals surface area contributed by atoms with Crippen LogP contribution in [0.5, 0.6) is 0 Å². The third-order valence-corrected chi connectivity index (χ3v) is 1.83. The fourth-order valence-corrected chi connectivity index (χ4v) is 1.34. The van der Waals surface area contributed by atoms with Gasteiger partial charge in [0.25, 0.3) is 5.91 Å². The van der Waals surface area contributed by atoms with Crippen molar-refractivity contribution in [1.29, 1.82) is 0 Å². The number of amides is 1. The maximum atomic E-state index is 11.5. The van der Waals surface area contributed by atoms with E-state index in [1.165, 1.54) is 0 Å². The van der Waals surface area contributed by atoms with Crippen LogP contribution >= 0.6 is 11.6 Å². The zero-order valence-electron chi connectivity index (χ0n) is 7.97. The maximum absolute atomic E-state index is 11.5. The Bertz CT molecular complexity index is 317. The number of carbonyl (C=O) groups excluding carboxylic acids is 1. The van der Waals surface area contributed by atoms with Gasteiger partial charge in [0.1, 0.15) is 5.69 Å². The van der Waals surface area contributed by atoms with Crippen molar-refractivity contribution in [1.82, 2.24) is 9.88 Å². The van der Waals surface area contributed by atoms with E-state index < -0.39 is 0 Å². The lowest BCUT2D eigenvalue weighted by atomic mass is 10.3. The van der Waals surface area contributed by atoms with Crippen LogP contribution in [0, 0.1) is 0 Å². The minimum absolute atomic E-state index is 0.0931. The molecule has 1 heterocycles. The molecule has 0 fully saturated rings. The number of hydrogen-bond donors (Lipinski definition) is 1. The van der Waals surface area contributed by atoms with E-state index in [0.717, 1.165) is 0 Å². The summed E-state index contributed by atoms with van der Waals surface area (Å²) in [5.41, 5.74) is 0.582. The van der Waals surface area contributed by atoms with Crippen LogP contribution in [0.2, 0.25) is 5.02 Å². The third-order valence-electron chi connectivity index (χ3n) is 1.62. The molecule has 0 aliphatic carbocycles. The first-order valence-corrected chi connectivity index (χ1v) is 4.51. The van der Waals surface area contributed by atoms with Gasteiger partial charge in [0.2, 0.25) is 0 Å². The topological polar surface area (TPSA) is 34.0 Å². The number of nitrogens with one attached hydrogen (secondary N) is 1. The molecule has 0 aromatic carbocycles. The number of halogens is 1. The van der Waals surface area contributed by atoms with Gasteiger partial charge in [0, 0.05) is 19.3 Å². The summed E-state index contributed by atoms with van der Waals surface area (Å²) in [4.78, 5) is 11.5. The van der Waals surface area contributed by atoms with Gasteiger partial charge in [-0.3, -0.25) is 4.79 Å². The highest BCUT2D eigenvalue weighted by atomic mass is 35.5. The van der Waals surface area contributed by atoms with Crippen molar-refractivity contribution < 1.29 is 4.79 Å². The van der Waals surface area contributed by atoms with Crippen LogP contribution in [0.4, 0.5) is 0 Å². The normalized spacial score (nSPS) is 10.5. The Morgan fingerprint density at radius 1 is 1.62 bits per heavy atom. The van der Waals surface area contributed by atoms with Crippen molar-refractivity contribution in [3.05, 3.63) is 23.0 Å². The second-order valence-electron chi connectivity index (χ2n) is 3.28. The van der Waals surface area contributed by atoms with E-state index in [4.69, 9.17) is 11.6 Å². The fourth-order valence-electron chi connectivity index (χ4n) is 1.09. The van der Waals surface area contributed by atoms with Gasteiger partial charge in [0.15, 0.2) is 0 Å².